The molecule has 0 radical (unpaired) electrons. The van der Waals surface area contributed by atoms with E-state index in [1.807, 2.05) is 18.2 Å². The van der Waals surface area contributed by atoms with Crippen molar-refractivity contribution in [2.45, 2.75) is 50.8 Å². The molecule has 0 aromatic heterocycles. The number of benzene rings is 2. The zero-order valence-electron chi connectivity index (χ0n) is 16.0. The predicted octanol–water partition coefficient (Wildman–Crippen LogP) is 7.45. The van der Waals surface area contributed by atoms with Gasteiger partial charge in [-0.25, -0.2) is 0 Å². The molecule has 0 saturated carbocycles. The van der Waals surface area contributed by atoms with Crippen LogP contribution in [0.4, 0.5) is 13.2 Å². The van der Waals surface area contributed by atoms with Gasteiger partial charge in [0, 0.05) is 5.41 Å². The number of alkyl halides is 3. The zero-order valence-corrected chi connectivity index (χ0v) is 16.0. The van der Waals surface area contributed by atoms with E-state index in [0.717, 1.165) is 37.7 Å². The van der Waals surface area contributed by atoms with E-state index in [1.165, 1.54) is 23.3 Å². The maximum Gasteiger partial charge on any atom is 0.573 e. The number of rotatable bonds is 7. The van der Waals surface area contributed by atoms with Crippen molar-refractivity contribution in [2.75, 3.05) is 0 Å². The summed E-state index contributed by atoms with van der Waals surface area (Å²) in [5, 5.41) is 0. The van der Waals surface area contributed by atoms with Crippen LogP contribution in [0.5, 0.6) is 5.75 Å². The molecule has 1 unspecified atom stereocenters. The minimum Gasteiger partial charge on any atom is -0.406 e. The maximum atomic E-state index is 12.4. The highest BCUT2D eigenvalue weighted by molar-refractivity contribution is 5.75. The summed E-state index contributed by atoms with van der Waals surface area (Å²) in [5.41, 5.74) is 3.20. The molecule has 0 N–H and O–H groups in total. The van der Waals surface area contributed by atoms with E-state index in [9.17, 15) is 13.2 Å². The molecule has 0 aliphatic heterocycles. The lowest BCUT2D eigenvalue weighted by Gasteiger charge is -2.33. The van der Waals surface area contributed by atoms with Crippen LogP contribution < -0.4 is 4.74 Å². The average molecular weight is 386 g/mol. The molecular weight excluding hydrogens is 361 g/mol. The molecule has 1 atom stereocenters. The van der Waals surface area contributed by atoms with Gasteiger partial charge in [0.15, 0.2) is 0 Å². The first-order valence-corrected chi connectivity index (χ1v) is 9.73. The number of allylic oxidation sites excluding steroid dienone is 4. The highest BCUT2D eigenvalue weighted by Crippen LogP contribution is 2.41. The van der Waals surface area contributed by atoms with E-state index in [1.54, 1.807) is 12.1 Å². The van der Waals surface area contributed by atoms with Gasteiger partial charge in [-0.15, -0.1) is 13.2 Å². The van der Waals surface area contributed by atoms with Gasteiger partial charge in [-0.3, -0.25) is 0 Å². The number of ether oxygens (including phenoxy) is 1. The predicted molar refractivity (Wildman–Crippen MR) is 107 cm³/mol. The van der Waals surface area contributed by atoms with Gasteiger partial charge in [0.25, 0.3) is 0 Å². The number of hydrogen-bond donors (Lipinski definition) is 0. The van der Waals surface area contributed by atoms with Crippen LogP contribution in [0.15, 0.2) is 72.8 Å². The lowest BCUT2D eigenvalue weighted by molar-refractivity contribution is -0.274. The molecule has 4 heteroatoms. The van der Waals surface area contributed by atoms with Crippen molar-refractivity contribution in [3.63, 3.8) is 0 Å². The van der Waals surface area contributed by atoms with Crippen LogP contribution in [0, 0.1) is 0 Å². The first-order chi connectivity index (χ1) is 13.4. The van der Waals surface area contributed by atoms with Crippen molar-refractivity contribution in [3.8, 4) is 5.75 Å². The summed E-state index contributed by atoms with van der Waals surface area (Å²) < 4.78 is 41.3. The fourth-order valence-corrected chi connectivity index (χ4v) is 3.74. The molecule has 2 aromatic carbocycles. The fourth-order valence-electron chi connectivity index (χ4n) is 3.74. The van der Waals surface area contributed by atoms with Gasteiger partial charge < -0.3 is 4.74 Å². The Balaban J connectivity index is 1.84. The van der Waals surface area contributed by atoms with Crippen molar-refractivity contribution >= 4 is 5.57 Å². The smallest absolute Gasteiger partial charge is 0.406 e. The summed E-state index contributed by atoms with van der Waals surface area (Å²) in [6, 6.07) is 16.6. The Bertz CT molecular complexity index is 819. The molecule has 148 valence electrons. The molecule has 1 aliphatic carbocycles. The Hall–Kier alpha value is -2.49. The van der Waals surface area contributed by atoms with E-state index in [-0.39, 0.29) is 11.2 Å². The van der Waals surface area contributed by atoms with Crippen LogP contribution in [0.1, 0.15) is 50.2 Å². The van der Waals surface area contributed by atoms with Crippen LogP contribution in [0.3, 0.4) is 0 Å². The maximum absolute atomic E-state index is 12.4. The van der Waals surface area contributed by atoms with Gasteiger partial charge in [0.1, 0.15) is 5.75 Å². The molecule has 1 aliphatic rings. The lowest BCUT2D eigenvalue weighted by Crippen LogP contribution is -2.25. The highest BCUT2D eigenvalue weighted by Gasteiger charge is 2.33. The normalized spacial score (nSPS) is 19.4. The molecule has 3 rings (SSSR count). The molecule has 0 fully saturated rings. The third kappa shape index (κ3) is 5.06. The van der Waals surface area contributed by atoms with Crippen molar-refractivity contribution in [3.05, 3.63) is 84.0 Å². The molecule has 0 amide bonds. The third-order valence-corrected chi connectivity index (χ3v) is 5.26. The molecule has 0 spiro atoms. The molecule has 2 aromatic rings. The van der Waals surface area contributed by atoms with E-state index in [4.69, 9.17) is 0 Å². The van der Waals surface area contributed by atoms with E-state index >= 15 is 0 Å². The van der Waals surface area contributed by atoms with Gasteiger partial charge in [-0.2, -0.15) is 0 Å². The Kier molecular flexibility index (Phi) is 6.28. The summed E-state index contributed by atoms with van der Waals surface area (Å²) in [6.45, 7) is 2.17. The van der Waals surface area contributed by atoms with Crippen LogP contribution in [0.25, 0.3) is 5.57 Å². The monoisotopic (exact) mass is 386 g/mol. The van der Waals surface area contributed by atoms with Crippen molar-refractivity contribution in [1.29, 1.82) is 0 Å². The molecule has 1 nitrogen and oxygen atoms in total. The first kappa shape index (κ1) is 20.2. The summed E-state index contributed by atoms with van der Waals surface area (Å²) >= 11 is 0. The van der Waals surface area contributed by atoms with E-state index in [2.05, 4.69) is 42.0 Å². The summed E-state index contributed by atoms with van der Waals surface area (Å²) in [4.78, 5) is 0. The molecule has 0 bridgehead atoms. The van der Waals surface area contributed by atoms with Crippen molar-refractivity contribution in [1.82, 2.24) is 0 Å². The van der Waals surface area contributed by atoms with Gasteiger partial charge in [-0.1, -0.05) is 86.9 Å². The van der Waals surface area contributed by atoms with Crippen molar-refractivity contribution < 1.29 is 17.9 Å². The molecule has 28 heavy (non-hydrogen) atoms. The van der Waals surface area contributed by atoms with E-state index < -0.39 is 6.36 Å². The average Bonchev–Trinajstić information content (AvgIpc) is 2.69. The third-order valence-electron chi connectivity index (χ3n) is 5.26. The highest BCUT2D eigenvalue weighted by atomic mass is 19.4. The Morgan fingerprint density at radius 2 is 1.68 bits per heavy atom. The second kappa shape index (κ2) is 8.68. The van der Waals surface area contributed by atoms with Crippen LogP contribution >= 0.6 is 0 Å². The SMILES string of the molecule is CCCCCC1(c2ccc(OC(F)(F)F)cc2)C=CC(c2ccccc2)=CC1. The number of unbranched alkanes of at least 4 members (excludes halogenated alkanes) is 2. The lowest BCUT2D eigenvalue weighted by atomic mass is 9.70. The van der Waals surface area contributed by atoms with Gasteiger partial charge >= 0.3 is 6.36 Å². The molecule has 0 saturated heterocycles. The molecular formula is C24H25F3O. The Labute approximate surface area is 164 Å². The standard InChI is InChI=1S/C24H25F3O/c1-2-3-7-16-23(21-10-12-22(13-11-21)28-24(25,26)27)17-14-20(15-18-23)19-8-5-4-6-9-19/h4-6,8-15,17H,2-3,7,16,18H2,1H3. The quantitative estimate of drug-likeness (QED) is 0.449. The van der Waals surface area contributed by atoms with Crippen LogP contribution in [-0.4, -0.2) is 6.36 Å². The number of halogens is 3. The van der Waals surface area contributed by atoms with Gasteiger partial charge in [0.2, 0.25) is 0 Å². The molecule has 0 heterocycles. The largest absolute Gasteiger partial charge is 0.573 e. The van der Waals surface area contributed by atoms with Crippen LogP contribution in [0.2, 0.25) is 0 Å². The summed E-state index contributed by atoms with van der Waals surface area (Å²) in [6.07, 6.45) is 7.08. The van der Waals surface area contributed by atoms with Gasteiger partial charge in [0.05, 0.1) is 0 Å². The zero-order chi connectivity index (χ0) is 20.0. The summed E-state index contributed by atoms with van der Waals surface area (Å²) in [7, 11) is 0. The second-order valence-corrected chi connectivity index (χ2v) is 7.25. The van der Waals surface area contributed by atoms with Crippen molar-refractivity contribution in [2.24, 2.45) is 0 Å². The minimum absolute atomic E-state index is 0.180. The number of hydrogen-bond acceptors (Lipinski definition) is 1. The second-order valence-electron chi connectivity index (χ2n) is 7.25. The van der Waals surface area contributed by atoms with Crippen LogP contribution in [-0.2, 0) is 5.41 Å². The van der Waals surface area contributed by atoms with E-state index in [0.29, 0.717) is 0 Å². The summed E-state index contributed by atoms with van der Waals surface area (Å²) in [5.74, 6) is -0.180. The first-order valence-electron chi connectivity index (χ1n) is 9.73. The fraction of sp³-hybridized carbons (Fsp3) is 0.333. The minimum atomic E-state index is -4.67. The Morgan fingerprint density at radius 3 is 2.25 bits per heavy atom. The van der Waals surface area contributed by atoms with Gasteiger partial charge in [-0.05, 0) is 41.7 Å². The Morgan fingerprint density at radius 1 is 0.964 bits per heavy atom. The topological polar surface area (TPSA) is 9.23 Å².